The maximum absolute atomic E-state index is 11.7. The van der Waals surface area contributed by atoms with Gasteiger partial charge in [0.05, 0.1) is 13.3 Å². The lowest BCUT2D eigenvalue weighted by Crippen LogP contribution is -1.98. The number of benzene rings is 1. The SMILES string of the molecule is O=[C]Cc1ccc(OCCCF)cc1. The first kappa shape index (κ1) is 10.7. The number of hydrogen-bond donors (Lipinski definition) is 0. The van der Waals surface area contributed by atoms with Crippen LogP contribution in [0.5, 0.6) is 5.75 Å². The Morgan fingerprint density at radius 1 is 1.29 bits per heavy atom. The van der Waals surface area contributed by atoms with Crippen LogP contribution in [0.2, 0.25) is 0 Å². The minimum Gasteiger partial charge on any atom is -0.494 e. The van der Waals surface area contributed by atoms with E-state index in [9.17, 15) is 9.18 Å². The fraction of sp³-hybridized carbons (Fsp3) is 0.364. The van der Waals surface area contributed by atoms with Gasteiger partial charge in [-0.3, -0.25) is 9.18 Å². The summed E-state index contributed by atoms with van der Waals surface area (Å²) >= 11 is 0. The molecule has 75 valence electrons. The molecule has 0 unspecified atom stereocenters. The molecule has 14 heavy (non-hydrogen) atoms. The highest BCUT2D eigenvalue weighted by Crippen LogP contribution is 2.12. The molecule has 0 atom stereocenters. The van der Waals surface area contributed by atoms with Gasteiger partial charge < -0.3 is 4.74 Å². The second-order valence-electron chi connectivity index (χ2n) is 2.86. The summed E-state index contributed by atoms with van der Waals surface area (Å²) in [6, 6.07) is 7.14. The topological polar surface area (TPSA) is 26.3 Å². The van der Waals surface area contributed by atoms with Crippen molar-refractivity contribution >= 4 is 6.29 Å². The van der Waals surface area contributed by atoms with E-state index in [2.05, 4.69) is 0 Å². The zero-order valence-corrected chi connectivity index (χ0v) is 7.83. The van der Waals surface area contributed by atoms with Crippen molar-refractivity contribution in [3.05, 3.63) is 29.8 Å². The Labute approximate surface area is 82.7 Å². The van der Waals surface area contributed by atoms with Gasteiger partial charge in [0.15, 0.2) is 0 Å². The van der Waals surface area contributed by atoms with E-state index in [0.29, 0.717) is 25.2 Å². The van der Waals surface area contributed by atoms with Gasteiger partial charge in [-0.1, -0.05) is 12.1 Å². The van der Waals surface area contributed by atoms with Gasteiger partial charge in [-0.25, -0.2) is 0 Å². The van der Waals surface area contributed by atoms with E-state index in [-0.39, 0.29) is 6.67 Å². The maximum Gasteiger partial charge on any atom is 0.203 e. The highest BCUT2D eigenvalue weighted by atomic mass is 19.1. The molecule has 0 saturated heterocycles. The van der Waals surface area contributed by atoms with Crippen molar-refractivity contribution in [2.24, 2.45) is 0 Å². The van der Waals surface area contributed by atoms with Gasteiger partial charge >= 0.3 is 0 Å². The Hall–Kier alpha value is -1.38. The molecule has 0 spiro atoms. The first-order valence-electron chi connectivity index (χ1n) is 4.49. The Morgan fingerprint density at radius 3 is 2.57 bits per heavy atom. The number of alkyl halides is 1. The molecule has 0 saturated carbocycles. The van der Waals surface area contributed by atoms with Gasteiger partial charge in [0.25, 0.3) is 0 Å². The van der Waals surface area contributed by atoms with Crippen LogP contribution >= 0.6 is 0 Å². The second kappa shape index (κ2) is 6.13. The van der Waals surface area contributed by atoms with Crippen LogP contribution in [0.1, 0.15) is 12.0 Å². The Balaban J connectivity index is 2.42. The first-order valence-corrected chi connectivity index (χ1v) is 4.49. The lowest BCUT2D eigenvalue weighted by Gasteiger charge is -2.04. The van der Waals surface area contributed by atoms with E-state index in [1.165, 1.54) is 0 Å². The van der Waals surface area contributed by atoms with Gasteiger partial charge in [0, 0.05) is 12.8 Å². The molecule has 1 rings (SSSR count). The fourth-order valence-corrected chi connectivity index (χ4v) is 1.03. The minimum atomic E-state index is -0.363. The minimum absolute atomic E-state index is 0.296. The van der Waals surface area contributed by atoms with Gasteiger partial charge in [0.2, 0.25) is 6.29 Å². The maximum atomic E-state index is 11.7. The molecular formula is C11H12FO2. The molecular weight excluding hydrogens is 183 g/mol. The third-order valence-electron chi connectivity index (χ3n) is 1.75. The van der Waals surface area contributed by atoms with Crippen molar-refractivity contribution in [2.45, 2.75) is 12.8 Å². The lowest BCUT2D eigenvalue weighted by molar-refractivity contribution is 0.289. The van der Waals surface area contributed by atoms with Gasteiger partial charge in [-0.2, -0.15) is 0 Å². The molecule has 0 aliphatic rings. The molecule has 3 heteroatoms. The third-order valence-corrected chi connectivity index (χ3v) is 1.75. The third kappa shape index (κ3) is 3.56. The zero-order valence-electron chi connectivity index (χ0n) is 7.83. The predicted molar refractivity (Wildman–Crippen MR) is 51.9 cm³/mol. The molecule has 1 aromatic rings. The van der Waals surface area contributed by atoms with Crippen LogP contribution in [0.25, 0.3) is 0 Å². The van der Waals surface area contributed by atoms with E-state index in [1.54, 1.807) is 24.3 Å². The van der Waals surface area contributed by atoms with Crippen LogP contribution in [0.3, 0.4) is 0 Å². The number of halogens is 1. The van der Waals surface area contributed by atoms with Gasteiger partial charge in [-0.05, 0) is 17.7 Å². The van der Waals surface area contributed by atoms with Crippen LogP contribution in [0, 0.1) is 0 Å². The highest BCUT2D eigenvalue weighted by molar-refractivity contribution is 5.55. The molecule has 0 heterocycles. The van der Waals surface area contributed by atoms with Crippen LogP contribution in [0.15, 0.2) is 24.3 Å². The molecule has 1 aromatic carbocycles. The summed E-state index contributed by atoms with van der Waals surface area (Å²) in [5.41, 5.74) is 0.901. The van der Waals surface area contributed by atoms with E-state index in [0.717, 1.165) is 5.56 Å². The summed E-state index contributed by atoms with van der Waals surface area (Å²) in [7, 11) is 0. The average Bonchev–Trinajstić information content (AvgIpc) is 2.21. The number of rotatable bonds is 6. The summed E-state index contributed by atoms with van der Waals surface area (Å²) in [4.78, 5) is 10.1. The largest absolute Gasteiger partial charge is 0.494 e. The van der Waals surface area contributed by atoms with E-state index >= 15 is 0 Å². The second-order valence-corrected chi connectivity index (χ2v) is 2.86. The molecule has 0 N–H and O–H groups in total. The van der Waals surface area contributed by atoms with Crippen molar-refractivity contribution in [3.63, 3.8) is 0 Å². The Kier molecular flexibility index (Phi) is 4.69. The molecule has 0 aliphatic heterocycles. The smallest absolute Gasteiger partial charge is 0.203 e. The van der Waals surface area contributed by atoms with E-state index < -0.39 is 0 Å². The predicted octanol–water partition coefficient (Wildman–Crippen LogP) is 2.08. The molecule has 0 amide bonds. The van der Waals surface area contributed by atoms with Crippen molar-refractivity contribution in [3.8, 4) is 5.75 Å². The van der Waals surface area contributed by atoms with E-state index in [1.807, 2.05) is 6.29 Å². The number of ether oxygens (including phenoxy) is 1. The molecule has 0 aromatic heterocycles. The monoisotopic (exact) mass is 195 g/mol. The van der Waals surface area contributed by atoms with E-state index in [4.69, 9.17) is 4.74 Å². The molecule has 1 radical (unpaired) electrons. The van der Waals surface area contributed by atoms with Crippen molar-refractivity contribution < 1.29 is 13.9 Å². The number of hydrogen-bond acceptors (Lipinski definition) is 2. The number of carbonyl (C=O) groups excluding carboxylic acids is 1. The summed E-state index contributed by atoms with van der Waals surface area (Å²) in [5, 5.41) is 0. The summed E-state index contributed by atoms with van der Waals surface area (Å²) in [5.74, 6) is 0.702. The summed E-state index contributed by atoms with van der Waals surface area (Å²) < 4.78 is 17.0. The molecule has 0 bridgehead atoms. The Morgan fingerprint density at radius 2 is 2.00 bits per heavy atom. The van der Waals surface area contributed by atoms with Crippen molar-refractivity contribution in [2.75, 3.05) is 13.3 Å². The highest BCUT2D eigenvalue weighted by Gasteiger charge is 1.95. The van der Waals surface area contributed by atoms with Gasteiger partial charge in [0.1, 0.15) is 5.75 Å². The Bertz CT molecular complexity index is 269. The molecule has 2 nitrogen and oxygen atoms in total. The van der Waals surface area contributed by atoms with Crippen LogP contribution in [-0.4, -0.2) is 19.6 Å². The van der Waals surface area contributed by atoms with Crippen LogP contribution in [0.4, 0.5) is 4.39 Å². The zero-order chi connectivity index (χ0) is 10.2. The van der Waals surface area contributed by atoms with Crippen molar-refractivity contribution in [1.29, 1.82) is 0 Å². The lowest BCUT2D eigenvalue weighted by atomic mass is 10.2. The quantitative estimate of drug-likeness (QED) is 0.649. The summed E-state index contributed by atoms with van der Waals surface area (Å²) in [6.45, 7) is 0.0217. The fourth-order valence-electron chi connectivity index (χ4n) is 1.03. The average molecular weight is 195 g/mol. The van der Waals surface area contributed by atoms with Gasteiger partial charge in [-0.15, -0.1) is 0 Å². The first-order chi connectivity index (χ1) is 6.86. The standard InChI is InChI=1S/C11H12FO2/c12-7-1-9-14-11-4-2-10(3-5-11)6-8-13/h2-5H,1,6-7,9H2. The summed E-state index contributed by atoms with van der Waals surface area (Å²) in [6.07, 6.45) is 2.52. The normalized spacial score (nSPS) is 9.79. The molecule has 0 fully saturated rings. The van der Waals surface area contributed by atoms with Crippen LogP contribution < -0.4 is 4.74 Å². The van der Waals surface area contributed by atoms with Crippen molar-refractivity contribution in [1.82, 2.24) is 0 Å². The molecule has 0 aliphatic carbocycles. The van der Waals surface area contributed by atoms with Crippen LogP contribution in [-0.2, 0) is 11.2 Å².